The van der Waals surface area contributed by atoms with E-state index in [1.165, 1.54) is 0 Å². The van der Waals surface area contributed by atoms with E-state index in [2.05, 4.69) is 26.1 Å². The molecule has 1 atom stereocenters. The van der Waals surface area contributed by atoms with E-state index in [0.717, 1.165) is 38.5 Å². The van der Waals surface area contributed by atoms with Gasteiger partial charge in [-0.3, -0.25) is 9.59 Å². The van der Waals surface area contributed by atoms with Gasteiger partial charge in [0.2, 0.25) is 5.91 Å². The monoisotopic (exact) mass is 298 g/mol. The number of aliphatic carboxylic acids is 1. The molecule has 0 saturated heterocycles. The molecule has 5 heteroatoms. The number of nitrogens with two attached hydrogens (primary N) is 1. The Kier molecular flexibility index (Phi) is 6.20. The van der Waals surface area contributed by atoms with Crippen molar-refractivity contribution in [3.05, 3.63) is 0 Å². The molecule has 1 aliphatic carbocycles. The van der Waals surface area contributed by atoms with Crippen LogP contribution in [0.2, 0.25) is 0 Å². The van der Waals surface area contributed by atoms with Gasteiger partial charge in [0.05, 0.1) is 12.0 Å². The number of rotatable bonds is 6. The first kappa shape index (κ1) is 18.0. The van der Waals surface area contributed by atoms with Gasteiger partial charge < -0.3 is 16.2 Å². The minimum Gasteiger partial charge on any atom is -0.481 e. The number of amides is 1. The van der Waals surface area contributed by atoms with Crippen molar-refractivity contribution >= 4 is 11.9 Å². The van der Waals surface area contributed by atoms with Crippen LogP contribution < -0.4 is 11.1 Å². The summed E-state index contributed by atoms with van der Waals surface area (Å²) >= 11 is 0. The first-order chi connectivity index (χ1) is 9.62. The minimum atomic E-state index is -0.851. The number of hydrogen-bond donors (Lipinski definition) is 3. The molecule has 0 aliphatic heterocycles. The van der Waals surface area contributed by atoms with Gasteiger partial charge >= 0.3 is 5.97 Å². The van der Waals surface area contributed by atoms with Gasteiger partial charge in [0.1, 0.15) is 0 Å². The van der Waals surface area contributed by atoms with E-state index >= 15 is 0 Å². The van der Waals surface area contributed by atoms with Gasteiger partial charge in [-0.05, 0) is 24.7 Å². The standard InChI is InChI=1S/C16H30N2O3/c1-15(2,3)10-12(17)9-13(19)18-16(11-14(20)21)7-5-4-6-8-16/h12H,4-11,17H2,1-3H3,(H,18,19)(H,20,21). The van der Waals surface area contributed by atoms with Gasteiger partial charge in [-0.2, -0.15) is 0 Å². The summed E-state index contributed by atoms with van der Waals surface area (Å²) in [6.45, 7) is 6.29. The average Bonchev–Trinajstić information content (AvgIpc) is 2.24. The summed E-state index contributed by atoms with van der Waals surface area (Å²) < 4.78 is 0. The molecule has 0 bridgehead atoms. The molecule has 21 heavy (non-hydrogen) atoms. The lowest BCUT2D eigenvalue weighted by molar-refractivity contribution is -0.139. The maximum atomic E-state index is 12.2. The van der Waals surface area contributed by atoms with Gasteiger partial charge in [-0.1, -0.05) is 40.0 Å². The Hall–Kier alpha value is -1.10. The van der Waals surface area contributed by atoms with Crippen molar-refractivity contribution in [2.24, 2.45) is 11.1 Å². The second-order valence-electron chi connectivity index (χ2n) is 7.69. The second kappa shape index (κ2) is 7.25. The molecule has 0 aromatic carbocycles. The molecule has 0 radical (unpaired) electrons. The number of carboxylic acids is 1. The summed E-state index contributed by atoms with van der Waals surface area (Å²) in [5.74, 6) is -0.967. The molecule has 0 spiro atoms. The molecule has 1 rings (SSSR count). The molecule has 1 unspecified atom stereocenters. The van der Waals surface area contributed by atoms with Gasteiger partial charge in [-0.15, -0.1) is 0 Å². The van der Waals surface area contributed by atoms with E-state index in [1.807, 2.05) is 0 Å². The first-order valence-corrected chi connectivity index (χ1v) is 7.90. The van der Waals surface area contributed by atoms with E-state index in [1.54, 1.807) is 0 Å². The zero-order valence-corrected chi connectivity index (χ0v) is 13.6. The molecule has 1 fully saturated rings. The molecule has 5 nitrogen and oxygen atoms in total. The zero-order valence-electron chi connectivity index (χ0n) is 13.6. The Morgan fingerprint density at radius 3 is 2.29 bits per heavy atom. The van der Waals surface area contributed by atoms with E-state index in [0.29, 0.717) is 0 Å². The topological polar surface area (TPSA) is 92.4 Å². The smallest absolute Gasteiger partial charge is 0.305 e. The normalized spacial score (nSPS) is 19.8. The fourth-order valence-corrected chi connectivity index (χ4v) is 3.31. The van der Waals surface area contributed by atoms with Crippen LogP contribution in [-0.4, -0.2) is 28.6 Å². The molecule has 122 valence electrons. The zero-order chi connectivity index (χ0) is 16.1. The summed E-state index contributed by atoms with van der Waals surface area (Å²) in [4.78, 5) is 23.3. The van der Waals surface area contributed by atoms with Crippen molar-refractivity contribution in [1.29, 1.82) is 0 Å². The Morgan fingerprint density at radius 2 is 1.81 bits per heavy atom. The number of nitrogens with one attached hydrogen (secondary N) is 1. The van der Waals surface area contributed by atoms with E-state index < -0.39 is 11.5 Å². The molecule has 1 saturated carbocycles. The first-order valence-electron chi connectivity index (χ1n) is 7.90. The van der Waals surface area contributed by atoms with Crippen LogP contribution in [0.1, 0.15) is 72.1 Å². The van der Waals surface area contributed by atoms with Gasteiger partial charge in [0.25, 0.3) is 0 Å². The van der Waals surface area contributed by atoms with E-state index in [4.69, 9.17) is 10.8 Å². The molecule has 1 amide bonds. The molecular weight excluding hydrogens is 268 g/mol. The minimum absolute atomic E-state index is 0.00719. The lowest BCUT2D eigenvalue weighted by atomic mass is 9.79. The summed E-state index contributed by atoms with van der Waals surface area (Å²) in [5, 5.41) is 12.1. The van der Waals surface area contributed by atoms with Crippen molar-refractivity contribution in [2.45, 2.75) is 83.7 Å². The number of carbonyl (C=O) groups excluding carboxylic acids is 1. The Bertz CT molecular complexity index is 368. The van der Waals surface area contributed by atoms with Gasteiger partial charge in [0, 0.05) is 12.5 Å². The molecule has 0 aromatic heterocycles. The lowest BCUT2D eigenvalue weighted by Gasteiger charge is -2.37. The van der Waals surface area contributed by atoms with Crippen molar-refractivity contribution < 1.29 is 14.7 Å². The Morgan fingerprint density at radius 1 is 1.24 bits per heavy atom. The van der Waals surface area contributed by atoms with Gasteiger partial charge in [-0.25, -0.2) is 0 Å². The Balaban J connectivity index is 2.58. The fourth-order valence-electron chi connectivity index (χ4n) is 3.31. The third kappa shape index (κ3) is 6.93. The van der Waals surface area contributed by atoms with Gasteiger partial charge in [0.15, 0.2) is 0 Å². The van der Waals surface area contributed by atoms with Crippen molar-refractivity contribution in [3.8, 4) is 0 Å². The summed E-state index contributed by atoms with van der Waals surface area (Å²) in [7, 11) is 0. The van der Waals surface area contributed by atoms with Crippen LogP contribution in [0.15, 0.2) is 0 Å². The van der Waals surface area contributed by atoms with Crippen LogP contribution in [0.25, 0.3) is 0 Å². The van der Waals surface area contributed by atoms with Crippen LogP contribution in [0, 0.1) is 5.41 Å². The fraction of sp³-hybridized carbons (Fsp3) is 0.875. The van der Waals surface area contributed by atoms with Crippen LogP contribution >= 0.6 is 0 Å². The lowest BCUT2D eigenvalue weighted by Crippen LogP contribution is -2.52. The maximum absolute atomic E-state index is 12.2. The Labute approximate surface area is 127 Å². The summed E-state index contributed by atoms with van der Waals surface area (Å²) in [6, 6.07) is -0.185. The second-order valence-corrected chi connectivity index (χ2v) is 7.69. The predicted octanol–water partition coefficient (Wildman–Crippen LogP) is 2.43. The van der Waals surface area contributed by atoms with Crippen molar-refractivity contribution in [3.63, 3.8) is 0 Å². The third-order valence-electron chi connectivity index (χ3n) is 4.03. The summed E-state index contributed by atoms with van der Waals surface area (Å²) in [5.41, 5.74) is 5.55. The van der Waals surface area contributed by atoms with Crippen LogP contribution in [-0.2, 0) is 9.59 Å². The largest absolute Gasteiger partial charge is 0.481 e. The average molecular weight is 298 g/mol. The maximum Gasteiger partial charge on any atom is 0.305 e. The summed E-state index contributed by atoms with van der Waals surface area (Å²) in [6.07, 6.45) is 5.60. The van der Waals surface area contributed by atoms with E-state index in [9.17, 15) is 9.59 Å². The highest BCUT2D eigenvalue weighted by molar-refractivity contribution is 5.79. The van der Waals surface area contributed by atoms with Crippen LogP contribution in [0.5, 0.6) is 0 Å². The van der Waals surface area contributed by atoms with Crippen LogP contribution in [0.3, 0.4) is 0 Å². The highest BCUT2D eigenvalue weighted by Gasteiger charge is 2.36. The quantitative estimate of drug-likeness (QED) is 0.702. The third-order valence-corrected chi connectivity index (χ3v) is 4.03. The predicted molar refractivity (Wildman–Crippen MR) is 82.9 cm³/mol. The van der Waals surface area contributed by atoms with Crippen molar-refractivity contribution in [1.82, 2.24) is 5.32 Å². The number of hydrogen-bond acceptors (Lipinski definition) is 3. The number of carbonyl (C=O) groups is 2. The van der Waals surface area contributed by atoms with E-state index in [-0.39, 0.29) is 30.2 Å². The van der Waals surface area contributed by atoms with Crippen LogP contribution in [0.4, 0.5) is 0 Å². The highest BCUT2D eigenvalue weighted by Crippen LogP contribution is 2.31. The molecule has 4 N–H and O–H groups in total. The molecule has 1 aliphatic rings. The highest BCUT2D eigenvalue weighted by atomic mass is 16.4. The number of carboxylic acid groups (broad SMARTS) is 1. The molecule has 0 aromatic rings. The molecular formula is C16H30N2O3. The molecule has 0 heterocycles. The van der Waals surface area contributed by atoms with Crippen molar-refractivity contribution in [2.75, 3.05) is 0 Å². The SMILES string of the molecule is CC(C)(C)CC(N)CC(=O)NC1(CC(=O)O)CCCCC1.